The highest BCUT2D eigenvalue weighted by atomic mass is 16.6. The number of amides is 2. The molecule has 0 saturated carbocycles. The van der Waals surface area contributed by atoms with Crippen molar-refractivity contribution in [2.75, 3.05) is 64.6 Å². The SMILES string of the molecule is Nc1ncnc2c1ncn2[C@@H]1O[C@H](C(=O)NCCCCCCCCCCC(=O)N2CCNCCNCCNCC2)[C@@H](O)[C@H]1O. The maximum atomic E-state index is 12.7. The Morgan fingerprint density at radius 2 is 1.48 bits per heavy atom. The summed E-state index contributed by atoms with van der Waals surface area (Å²) in [6.07, 6.45) is 6.51. The van der Waals surface area contributed by atoms with Crippen molar-refractivity contribution < 1.29 is 24.5 Å². The van der Waals surface area contributed by atoms with Crippen molar-refractivity contribution in [3.8, 4) is 0 Å². The monoisotopic (exact) mass is 618 g/mol. The number of hydrogen-bond acceptors (Lipinski definition) is 12. The summed E-state index contributed by atoms with van der Waals surface area (Å²) >= 11 is 0. The van der Waals surface area contributed by atoms with E-state index in [9.17, 15) is 19.8 Å². The second-order valence-electron chi connectivity index (χ2n) is 11.5. The van der Waals surface area contributed by atoms with Gasteiger partial charge in [-0.1, -0.05) is 38.5 Å². The van der Waals surface area contributed by atoms with Crippen molar-refractivity contribution >= 4 is 28.8 Å². The van der Waals surface area contributed by atoms with E-state index in [1.165, 1.54) is 17.2 Å². The van der Waals surface area contributed by atoms with Gasteiger partial charge in [-0.25, -0.2) is 15.0 Å². The maximum Gasteiger partial charge on any atom is 0.252 e. The molecule has 15 nitrogen and oxygen atoms in total. The fraction of sp³-hybridized carbons (Fsp3) is 0.759. The summed E-state index contributed by atoms with van der Waals surface area (Å²) in [5.41, 5.74) is 6.52. The molecular formula is C29H50N10O5. The Morgan fingerprint density at radius 1 is 0.864 bits per heavy atom. The number of nitrogen functional groups attached to an aromatic ring is 1. The molecule has 0 aromatic carbocycles. The largest absolute Gasteiger partial charge is 0.387 e. The number of aromatic nitrogens is 4. The Bertz CT molecular complexity index is 1150. The lowest BCUT2D eigenvalue weighted by molar-refractivity contribution is -0.137. The Hall–Kier alpha value is -2.95. The molecular weight excluding hydrogens is 568 g/mol. The lowest BCUT2D eigenvalue weighted by Gasteiger charge is -2.24. The zero-order valence-electron chi connectivity index (χ0n) is 25.6. The number of ether oxygens (including phenoxy) is 1. The highest BCUT2D eigenvalue weighted by Crippen LogP contribution is 2.32. The second-order valence-corrected chi connectivity index (χ2v) is 11.5. The first-order valence-electron chi connectivity index (χ1n) is 16.1. The van der Waals surface area contributed by atoms with Gasteiger partial charge in [0, 0.05) is 65.3 Å². The highest BCUT2D eigenvalue weighted by Gasteiger charge is 2.47. The third kappa shape index (κ3) is 9.78. The first-order valence-corrected chi connectivity index (χ1v) is 16.1. The number of unbranched alkanes of at least 4 members (excludes halogenated alkanes) is 7. The molecule has 0 spiro atoms. The minimum atomic E-state index is -1.39. The number of nitrogens with one attached hydrogen (secondary N) is 4. The molecule has 2 aromatic heterocycles. The lowest BCUT2D eigenvalue weighted by Crippen LogP contribution is -2.44. The van der Waals surface area contributed by atoms with Crippen LogP contribution < -0.4 is 27.0 Å². The van der Waals surface area contributed by atoms with Crippen molar-refractivity contribution in [2.45, 2.75) is 82.3 Å². The average Bonchev–Trinajstić information content (AvgIpc) is 3.57. The maximum absolute atomic E-state index is 12.7. The number of imidazole rings is 1. The summed E-state index contributed by atoms with van der Waals surface area (Å²) in [5, 5.41) is 34.0. The zero-order chi connectivity index (χ0) is 31.1. The fourth-order valence-corrected chi connectivity index (χ4v) is 5.61. The molecule has 0 unspecified atom stereocenters. The van der Waals surface area contributed by atoms with Gasteiger partial charge in [0.15, 0.2) is 23.8 Å². The van der Waals surface area contributed by atoms with Crippen LogP contribution in [0.4, 0.5) is 5.82 Å². The molecule has 2 amide bonds. The third-order valence-electron chi connectivity index (χ3n) is 8.20. The molecule has 4 atom stereocenters. The summed E-state index contributed by atoms with van der Waals surface area (Å²) in [6.45, 7) is 7.35. The van der Waals surface area contributed by atoms with E-state index in [0.29, 0.717) is 24.1 Å². The molecule has 44 heavy (non-hydrogen) atoms. The van der Waals surface area contributed by atoms with Crippen LogP contribution in [0, 0.1) is 0 Å². The molecule has 8 N–H and O–H groups in total. The second kappa shape index (κ2) is 18.1. The van der Waals surface area contributed by atoms with Crippen molar-refractivity contribution in [1.29, 1.82) is 0 Å². The molecule has 2 saturated heterocycles. The van der Waals surface area contributed by atoms with Crippen LogP contribution in [0.2, 0.25) is 0 Å². The predicted molar refractivity (Wildman–Crippen MR) is 165 cm³/mol. The number of fused-ring (bicyclic) bond motifs is 1. The smallest absolute Gasteiger partial charge is 0.252 e. The Labute approximate surface area is 258 Å². The zero-order valence-corrected chi connectivity index (χ0v) is 25.6. The van der Waals surface area contributed by atoms with E-state index in [-0.39, 0.29) is 11.7 Å². The first kappa shape index (κ1) is 33.9. The van der Waals surface area contributed by atoms with E-state index < -0.39 is 30.4 Å². The van der Waals surface area contributed by atoms with Crippen molar-refractivity contribution in [3.63, 3.8) is 0 Å². The molecule has 2 aliphatic heterocycles. The number of nitrogens with zero attached hydrogens (tertiary/aromatic N) is 5. The average molecular weight is 619 g/mol. The summed E-state index contributed by atoms with van der Waals surface area (Å²) in [7, 11) is 0. The van der Waals surface area contributed by atoms with Crippen LogP contribution in [-0.2, 0) is 14.3 Å². The standard InChI is InChI=1S/C29H50N10O5/c30-26-22-27(36-19-35-26)39(20-37-22)29-24(42)23(41)25(44-29)28(43)34-10-8-6-4-2-1-3-5-7-9-21(40)38-17-15-32-13-11-31-12-14-33-16-18-38/h19-20,23-25,29,31-33,41-42H,1-18H2,(H,34,43)(H2,30,35,36)/t23-,24+,25-,29+/m0/s1. The minimum absolute atomic E-state index is 0.187. The minimum Gasteiger partial charge on any atom is -0.387 e. The summed E-state index contributed by atoms with van der Waals surface area (Å²) in [6, 6.07) is 0. The quantitative estimate of drug-likeness (QED) is 0.139. The number of hydrogen-bond donors (Lipinski definition) is 7. The van der Waals surface area contributed by atoms with Crippen LogP contribution in [0.5, 0.6) is 0 Å². The van der Waals surface area contributed by atoms with Crippen molar-refractivity contribution in [2.24, 2.45) is 0 Å². The molecule has 0 bridgehead atoms. The molecule has 4 rings (SSSR count). The van der Waals surface area contributed by atoms with Crippen LogP contribution >= 0.6 is 0 Å². The third-order valence-corrected chi connectivity index (χ3v) is 8.20. The number of nitrogens with two attached hydrogens (primary N) is 1. The van der Waals surface area contributed by atoms with Gasteiger partial charge in [0.2, 0.25) is 5.91 Å². The van der Waals surface area contributed by atoms with Gasteiger partial charge in [-0.3, -0.25) is 14.2 Å². The summed E-state index contributed by atoms with van der Waals surface area (Å²) < 4.78 is 7.18. The van der Waals surface area contributed by atoms with E-state index >= 15 is 0 Å². The molecule has 4 heterocycles. The molecule has 2 aromatic rings. The van der Waals surface area contributed by atoms with Crippen LogP contribution in [0.15, 0.2) is 12.7 Å². The van der Waals surface area contributed by atoms with E-state index in [0.717, 1.165) is 104 Å². The molecule has 2 fully saturated rings. The van der Waals surface area contributed by atoms with Gasteiger partial charge in [0.1, 0.15) is 24.1 Å². The predicted octanol–water partition coefficient (Wildman–Crippen LogP) is -0.734. The van der Waals surface area contributed by atoms with Crippen molar-refractivity contribution in [1.82, 2.24) is 45.7 Å². The van der Waals surface area contributed by atoms with E-state index in [2.05, 4.69) is 36.2 Å². The van der Waals surface area contributed by atoms with Gasteiger partial charge in [0.25, 0.3) is 5.91 Å². The van der Waals surface area contributed by atoms with Crippen molar-refractivity contribution in [3.05, 3.63) is 12.7 Å². The van der Waals surface area contributed by atoms with Gasteiger partial charge in [-0.05, 0) is 12.8 Å². The van der Waals surface area contributed by atoms with Crippen LogP contribution in [0.1, 0.15) is 64.0 Å². The molecule has 15 heteroatoms. The van der Waals surface area contributed by atoms with E-state index in [1.54, 1.807) is 0 Å². The fourth-order valence-electron chi connectivity index (χ4n) is 5.61. The molecule has 246 valence electrons. The number of aliphatic hydroxyl groups is 2. The van der Waals surface area contributed by atoms with Gasteiger partial charge in [-0.2, -0.15) is 0 Å². The number of anilines is 1. The van der Waals surface area contributed by atoms with E-state index in [1.807, 2.05) is 4.90 Å². The Kier molecular flexibility index (Phi) is 14.0. The molecule has 0 radical (unpaired) electrons. The summed E-state index contributed by atoms with van der Waals surface area (Å²) in [4.78, 5) is 39.6. The van der Waals surface area contributed by atoms with Gasteiger partial charge < -0.3 is 46.9 Å². The van der Waals surface area contributed by atoms with Crippen LogP contribution in [0.3, 0.4) is 0 Å². The topological polar surface area (TPSA) is 205 Å². The number of rotatable bonds is 13. The van der Waals surface area contributed by atoms with Gasteiger partial charge in [0.05, 0.1) is 6.33 Å². The van der Waals surface area contributed by atoms with Gasteiger partial charge in [-0.15, -0.1) is 0 Å². The Balaban J connectivity index is 1.03. The van der Waals surface area contributed by atoms with Gasteiger partial charge >= 0.3 is 0 Å². The van der Waals surface area contributed by atoms with Crippen LogP contribution in [0.25, 0.3) is 11.2 Å². The van der Waals surface area contributed by atoms with Crippen LogP contribution in [-0.4, -0.2) is 124 Å². The molecule has 0 aliphatic carbocycles. The first-order chi connectivity index (χ1) is 21.5. The number of aliphatic hydroxyl groups excluding tert-OH is 2. The highest BCUT2D eigenvalue weighted by molar-refractivity contribution is 5.82. The Morgan fingerprint density at radius 3 is 2.16 bits per heavy atom. The number of carbonyl (C=O) groups is 2. The molecule has 2 aliphatic rings. The summed E-state index contributed by atoms with van der Waals surface area (Å²) in [5.74, 6) is -0.0293. The normalized spacial score (nSPS) is 23.7. The lowest BCUT2D eigenvalue weighted by atomic mass is 10.1. The number of carbonyl (C=O) groups excluding carboxylic acids is 2. The van der Waals surface area contributed by atoms with E-state index in [4.69, 9.17) is 10.5 Å².